The number of carbonyl (C=O) groups is 3. The van der Waals surface area contributed by atoms with Crippen molar-refractivity contribution in [3.8, 4) is 11.5 Å². The number of primary amides is 1. The maximum Gasteiger partial charge on any atom is 0.238 e. The molecular weight excluding hydrogens is 328 g/mol. The number of benzene rings is 1. The van der Waals surface area contributed by atoms with Crippen LogP contribution in [-0.2, 0) is 9.59 Å². The zero-order valence-corrected chi connectivity index (χ0v) is 14.2. The molecule has 2 unspecified atom stereocenters. The SMILES string of the molecule is CC(C(=O)c1ccc2c(c1)OCO2)N(C)CNC(=O)C(N)CC(N)=O. The fraction of sp³-hybridized carbons (Fsp3) is 0.438. The highest BCUT2D eigenvalue weighted by molar-refractivity contribution is 6.00. The monoisotopic (exact) mass is 350 g/mol. The van der Waals surface area contributed by atoms with Gasteiger partial charge in [-0.1, -0.05) is 0 Å². The van der Waals surface area contributed by atoms with Crippen molar-refractivity contribution in [3.63, 3.8) is 0 Å². The standard InChI is InChI=1S/C16H22N4O5/c1-9(20(2)7-19-16(23)11(17)6-14(18)21)15(22)10-3-4-12-13(5-10)25-8-24-12/h3-5,9,11H,6-8,17H2,1-2H3,(H2,18,21)(H,19,23). The molecule has 0 aliphatic carbocycles. The second-order valence-corrected chi connectivity index (χ2v) is 5.84. The quantitative estimate of drug-likeness (QED) is 0.412. The van der Waals surface area contributed by atoms with E-state index in [0.717, 1.165) is 0 Å². The van der Waals surface area contributed by atoms with E-state index in [0.29, 0.717) is 17.1 Å². The van der Waals surface area contributed by atoms with Crippen molar-refractivity contribution in [2.75, 3.05) is 20.5 Å². The van der Waals surface area contributed by atoms with Crippen LogP contribution in [0.25, 0.3) is 0 Å². The number of nitrogens with two attached hydrogens (primary N) is 2. The molecule has 9 nitrogen and oxygen atoms in total. The molecule has 1 aromatic rings. The Hall–Kier alpha value is -2.65. The predicted octanol–water partition coefficient (Wildman–Crippen LogP) is -0.805. The number of hydrogen-bond acceptors (Lipinski definition) is 7. The van der Waals surface area contributed by atoms with Crippen molar-refractivity contribution in [3.05, 3.63) is 23.8 Å². The van der Waals surface area contributed by atoms with Gasteiger partial charge in [0.1, 0.15) is 0 Å². The minimum Gasteiger partial charge on any atom is -0.454 e. The van der Waals surface area contributed by atoms with Crippen molar-refractivity contribution >= 4 is 17.6 Å². The molecular formula is C16H22N4O5. The van der Waals surface area contributed by atoms with E-state index in [-0.39, 0.29) is 25.7 Å². The summed E-state index contributed by atoms with van der Waals surface area (Å²) in [6.45, 7) is 1.96. The molecule has 136 valence electrons. The van der Waals surface area contributed by atoms with E-state index in [4.69, 9.17) is 20.9 Å². The molecule has 1 aliphatic heterocycles. The van der Waals surface area contributed by atoms with Crippen LogP contribution in [0.1, 0.15) is 23.7 Å². The van der Waals surface area contributed by atoms with Crippen LogP contribution >= 0.6 is 0 Å². The van der Waals surface area contributed by atoms with Crippen LogP contribution in [0.2, 0.25) is 0 Å². The number of Topliss-reactive ketones (excluding diaryl/α,β-unsaturated/α-hetero) is 1. The van der Waals surface area contributed by atoms with Crippen molar-refractivity contribution in [1.29, 1.82) is 0 Å². The molecule has 0 spiro atoms. The maximum absolute atomic E-state index is 12.6. The Bertz CT molecular complexity index is 678. The number of ether oxygens (including phenoxy) is 2. The highest BCUT2D eigenvalue weighted by Crippen LogP contribution is 2.32. The molecule has 2 rings (SSSR count). The summed E-state index contributed by atoms with van der Waals surface area (Å²) in [6.07, 6.45) is -0.235. The van der Waals surface area contributed by atoms with E-state index in [1.54, 1.807) is 37.1 Å². The Morgan fingerprint density at radius 1 is 1.28 bits per heavy atom. The van der Waals surface area contributed by atoms with Gasteiger partial charge in [0.2, 0.25) is 18.6 Å². The minimum absolute atomic E-state index is 0.1000. The highest BCUT2D eigenvalue weighted by atomic mass is 16.7. The van der Waals surface area contributed by atoms with Gasteiger partial charge in [-0.3, -0.25) is 19.3 Å². The smallest absolute Gasteiger partial charge is 0.238 e. The lowest BCUT2D eigenvalue weighted by Gasteiger charge is -2.24. The molecule has 9 heteroatoms. The van der Waals surface area contributed by atoms with E-state index in [2.05, 4.69) is 5.32 Å². The Morgan fingerprint density at radius 3 is 2.64 bits per heavy atom. The van der Waals surface area contributed by atoms with Crippen molar-refractivity contribution in [2.24, 2.45) is 11.5 Å². The average Bonchev–Trinajstić information content (AvgIpc) is 3.04. The van der Waals surface area contributed by atoms with Gasteiger partial charge in [-0.15, -0.1) is 0 Å². The zero-order valence-electron chi connectivity index (χ0n) is 14.2. The first kappa shape index (κ1) is 18.7. The molecule has 0 radical (unpaired) electrons. The summed E-state index contributed by atoms with van der Waals surface area (Å²) in [5.74, 6) is -0.146. The molecule has 1 heterocycles. The minimum atomic E-state index is -1.01. The summed E-state index contributed by atoms with van der Waals surface area (Å²) in [5.41, 5.74) is 11.1. The molecule has 0 fully saturated rings. The van der Waals surface area contributed by atoms with Crippen LogP contribution < -0.4 is 26.3 Å². The number of likely N-dealkylation sites (N-methyl/N-ethyl adjacent to an activating group) is 1. The van der Waals surface area contributed by atoms with E-state index in [9.17, 15) is 14.4 Å². The molecule has 2 amide bonds. The fourth-order valence-corrected chi connectivity index (χ4v) is 2.27. The van der Waals surface area contributed by atoms with E-state index in [1.807, 2.05) is 0 Å². The van der Waals surface area contributed by atoms with Crippen LogP contribution in [0.3, 0.4) is 0 Å². The first-order valence-electron chi connectivity index (χ1n) is 7.75. The van der Waals surface area contributed by atoms with Gasteiger partial charge in [-0.25, -0.2) is 0 Å². The fourth-order valence-electron chi connectivity index (χ4n) is 2.27. The molecule has 1 aromatic carbocycles. The van der Waals surface area contributed by atoms with E-state index < -0.39 is 23.9 Å². The Morgan fingerprint density at radius 2 is 1.96 bits per heavy atom. The van der Waals surface area contributed by atoms with Gasteiger partial charge in [0.05, 0.1) is 25.2 Å². The highest BCUT2D eigenvalue weighted by Gasteiger charge is 2.23. The maximum atomic E-state index is 12.6. The molecule has 0 aromatic heterocycles. The van der Waals surface area contributed by atoms with Gasteiger partial charge in [0.15, 0.2) is 17.3 Å². The topological polar surface area (TPSA) is 137 Å². The Labute approximate surface area is 145 Å². The lowest BCUT2D eigenvalue weighted by atomic mass is 10.0. The lowest BCUT2D eigenvalue weighted by Crippen LogP contribution is -2.49. The second kappa shape index (κ2) is 7.95. The Kier molecular flexibility index (Phi) is 5.94. The third-order valence-corrected chi connectivity index (χ3v) is 3.96. The molecule has 0 saturated heterocycles. The van der Waals surface area contributed by atoms with Crippen LogP contribution in [0.15, 0.2) is 18.2 Å². The molecule has 2 atom stereocenters. The summed E-state index contributed by atoms with van der Waals surface area (Å²) in [5, 5.41) is 2.57. The van der Waals surface area contributed by atoms with Gasteiger partial charge in [-0.05, 0) is 32.2 Å². The number of nitrogens with one attached hydrogen (secondary N) is 1. The van der Waals surface area contributed by atoms with Gasteiger partial charge < -0.3 is 26.3 Å². The van der Waals surface area contributed by atoms with Crippen LogP contribution in [-0.4, -0.2) is 55.1 Å². The lowest BCUT2D eigenvalue weighted by molar-refractivity contribution is -0.126. The zero-order chi connectivity index (χ0) is 18.6. The first-order chi connectivity index (χ1) is 11.8. The molecule has 25 heavy (non-hydrogen) atoms. The summed E-state index contributed by atoms with van der Waals surface area (Å²) < 4.78 is 10.5. The number of hydrogen-bond donors (Lipinski definition) is 3. The Balaban J connectivity index is 1.90. The average molecular weight is 350 g/mol. The second-order valence-electron chi connectivity index (χ2n) is 5.84. The summed E-state index contributed by atoms with van der Waals surface area (Å²) in [4.78, 5) is 36.8. The summed E-state index contributed by atoms with van der Waals surface area (Å²) >= 11 is 0. The summed E-state index contributed by atoms with van der Waals surface area (Å²) in [7, 11) is 1.69. The van der Waals surface area contributed by atoms with Gasteiger partial charge in [0, 0.05) is 5.56 Å². The largest absolute Gasteiger partial charge is 0.454 e. The van der Waals surface area contributed by atoms with E-state index in [1.165, 1.54) is 0 Å². The van der Waals surface area contributed by atoms with Crippen LogP contribution in [0.5, 0.6) is 11.5 Å². The van der Waals surface area contributed by atoms with Crippen LogP contribution in [0.4, 0.5) is 0 Å². The third kappa shape index (κ3) is 4.68. The number of fused-ring (bicyclic) bond motifs is 1. The van der Waals surface area contributed by atoms with Crippen molar-refractivity contribution in [2.45, 2.75) is 25.4 Å². The molecule has 0 saturated carbocycles. The van der Waals surface area contributed by atoms with Gasteiger partial charge in [0.25, 0.3) is 0 Å². The van der Waals surface area contributed by atoms with Crippen molar-refractivity contribution < 1.29 is 23.9 Å². The van der Waals surface area contributed by atoms with Crippen LogP contribution in [0, 0.1) is 0 Å². The number of rotatable bonds is 8. The van der Waals surface area contributed by atoms with Gasteiger partial charge in [-0.2, -0.15) is 0 Å². The normalized spacial score (nSPS) is 14.9. The summed E-state index contributed by atoms with van der Waals surface area (Å²) in [6, 6.07) is 3.49. The third-order valence-electron chi connectivity index (χ3n) is 3.96. The number of ketones is 1. The molecule has 1 aliphatic rings. The first-order valence-corrected chi connectivity index (χ1v) is 7.75. The number of carbonyl (C=O) groups excluding carboxylic acids is 3. The molecule has 0 bridgehead atoms. The number of nitrogens with zero attached hydrogens (tertiary/aromatic N) is 1. The predicted molar refractivity (Wildman–Crippen MR) is 88.9 cm³/mol. The molecule has 5 N–H and O–H groups in total. The van der Waals surface area contributed by atoms with Gasteiger partial charge >= 0.3 is 0 Å². The van der Waals surface area contributed by atoms with E-state index >= 15 is 0 Å². The van der Waals surface area contributed by atoms with Crippen molar-refractivity contribution in [1.82, 2.24) is 10.2 Å². The number of amides is 2.